The third-order valence-corrected chi connectivity index (χ3v) is 2.25. The molecular formula is C11H16N4O2. The maximum atomic E-state index is 11.0. The van der Waals surface area contributed by atoms with E-state index in [0.717, 1.165) is 5.56 Å². The summed E-state index contributed by atoms with van der Waals surface area (Å²) < 4.78 is 0. The molecule has 0 aliphatic carbocycles. The van der Waals surface area contributed by atoms with Crippen LogP contribution in [0.25, 0.3) is 0 Å². The van der Waals surface area contributed by atoms with Crippen molar-refractivity contribution in [3.63, 3.8) is 0 Å². The minimum absolute atomic E-state index is 0.0571. The second-order valence-electron chi connectivity index (χ2n) is 3.46. The first-order valence-electron chi connectivity index (χ1n) is 5.15. The van der Waals surface area contributed by atoms with Crippen LogP contribution < -0.4 is 16.4 Å². The van der Waals surface area contributed by atoms with Crippen molar-refractivity contribution in [3.8, 4) is 0 Å². The van der Waals surface area contributed by atoms with Gasteiger partial charge in [-0.05, 0) is 5.56 Å². The van der Waals surface area contributed by atoms with E-state index in [4.69, 9.17) is 10.9 Å². The van der Waals surface area contributed by atoms with Crippen molar-refractivity contribution in [3.05, 3.63) is 35.4 Å². The van der Waals surface area contributed by atoms with Gasteiger partial charge in [-0.15, -0.1) is 0 Å². The van der Waals surface area contributed by atoms with Crippen molar-refractivity contribution in [1.82, 2.24) is 10.6 Å². The number of oxime groups is 1. The molecule has 0 unspecified atom stereocenters. The van der Waals surface area contributed by atoms with Gasteiger partial charge in [-0.1, -0.05) is 29.4 Å². The van der Waals surface area contributed by atoms with Crippen LogP contribution in [0.3, 0.4) is 0 Å². The lowest BCUT2D eigenvalue weighted by Crippen LogP contribution is -2.30. The van der Waals surface area contributed by atoms with Gasteiger partial charge in [0.15, 0.2) is 5.84 Å². The van der Waals surface area contributed by atoms with Gasteiger partial charge in [-0.25, -0.2) is 0 Å². The third kappa shape index (κ3) is 4.12. The van der Waals surface area contributed by atoms with Crippen molar-refractivity contribution >= 4 is 11.7 Å². The molecular weight excluding hydrogens is 220 g/mol. The summed E-state index contributed by atoms with van der Waals surface area (Å²) in [4.78, 5) is 11.0. The quantitative estimate of drug-likeness (QED) is 0.242. The molecule has 1 amide bonds. The fourth-order valence-corrected chi connectivity index (χ4v) is 1.26. The lowest BCUT2D eigenvalue weighted by Gasteiger charge is -2.05. The van der Waals surface area contributed by atoms with E-state index in [1.807, 2.05) is 12.1 Å². The fraction of sp³-hybridized carbons (Fsp3) is 0.273. The summed E-state index contributed by atoms with van der Waals surface area (Å²) in [7, 11) is 1.59. The number of benzene rings is 1. The number of nitrogens with one attached hydrogen (secondary N) is 2. The zero-order valence-corrected chi connectivity index (χ0v) is 9.60. The second-order valence-corrected chi connectivity index (χ2v) is 3.46. The van der Waals surface area contributed by atoms with Gasteiger partial charge in [0.05, 0.1) is 6.54 Å². The van der Waals surface area contributed by atoms with E-state index in [1.54, 1.807) is 19.2 Å². The number of carbonyl (C=O) groups is 1. The summed E-state index contributed by atoms with van der Waals surface area (Å²) >= 11 is 0. The summed E-state index contributed by atoms with van der Waals surface area (Å²) in [5.41, 5.74) is 7.11. The topological polar surface area (TPSA) is 99.7 Å². The maximum Gasteiger partial charge on any atom is 0.233 e. The van der Waals surface area contributed by atoms with Crippen LogP contribution in [-0.2, 0) is 11.3 Å². The Morgan fingerprint density at radius 1 is 1.41 bits per heavy atom. The summed E-state index contributed by atoms with van der Waals surface area (Å²) in [6.45, 7) is 0.863. The van der Waals surface area contributed by atoms with E-state index >= 15 is 0 Å². The van der Waals surface area contributed by atoms with E-state index in [-0.39, 0.29) is 18.3 Å². The summed E-state index contributed by atoms with van der Waals surface area (Å²) in [5.74, 6) is 0.0214. The predicted octanol–water partition coefficient (Wildman–Crippen LogP) is -0.383. The van der Waals surface area contributed by atoms with Gasteiger partial charge in [0.25, 0.3) is 0 Å². The molecule has 0 fully saturated rings. The average molecular weight is 236 g/mol. The molecule has 0 spiro atoms. The molecule has 6 nitrogen and oxygen atoms in total. The first-order chi connectivity index (χ1) is 8.17. The van der Waals surface area contributed by atoms with Crippen LogP contribution in [0.15, 0.2) is 29.4 Å². The van der Waals surface area contributed by atoms with Crippen LogP contribution in [-0.4, -0.2) is 30.5 Å². The van der Waals surface area contributed by atoms with E-state index in [1.165, 1.54) is 0 Å². The highest BCUT2D eigenvalue weighted by molar-refractivity contribution is 5.96. The Morgan fingerprint density at radius 3 is 2.59 bits per heavy atom. The number of amidine groups is 1. The second kappa shape index (κ2) is 6.49. The Morgan fingerprint density at radius 2 is 2.06 bits per heavy atom. The number of nitrogens with zero attached hydrogens (tertiary/aromatic N) is 1. The van der Waals surface area contributed by atoms with Gasteiger partial charge < -0.3 is 21.6 Å². The molecule has 5 N–H and O–H groups in total. The van der Waals surface area contributed by atoms with E-state index in [0.29, 0.717) is 12.1 Å². The van der Waals surface area contributed by atoms with E-state index < -0.39 is 0 Å². The van der Waals surface area contributed by atoms with Gasteiger partial charge in [0.1, 0.15) is 0 Å². The lowest BCUT2D eigenvalue weighted by atomic mass is 10.1. The predicted molar refractivity (Wildman–Crippen MR) is 64.7 cm³/mol. The molecule has 0 aliphatic heterocycles. The number of nitrogens with two attached hydrogens (primary N) is 1. The zero-order chi connectivity index (χ0) is 12.7. The smallest absolute Gasteiger partial charge is 0.233 e. The number of likely N-dealkylation sites (N-methyl/N-ethyl adjacent to an activating group) is 1. The Labute approximate surface area is 99.5 Å². The van der Waals surface area contributed by atoms with Gasteiger partial charge in [-0.2, -0.15) is 0 Å². The van der Waals surface area contributed by atoms with Crippen molar-refractivity contribution in [2.45, 2.75) is 6.54 Å². The summed E-state index contributed by atoms with van der Waals surface area (Å²) in [5, 5.41) is 16.9. The zero-order valence-electron chi connectivity index (χ0n) is 9.60. The Hall–Kier alpha value is -2.08. The van der Waals surface area contributed by atoms with E-state index in [2.05, 4.69) is 15.8 Å². The largest absolute Gasteiger partial charge is 0.409 e. The summed E-state index contributed by atoms with van der Waals surface area (Å²) in [6, 6.07) is 7.21. The first kappa shape index (κ1) is 13.0. The minimum Gasteiger partial charge on any atom is -0.409 e. The Bertz CT molecular complexity index is 400. The maximum absolute atomic E-state index is 11.0. The molecule has 1 aromatic carbocycles. The molecule has 92 valence electrons. The van der Waals surface area contributed by atoms with Crippen molar-refractivity contribution in [1.29, 1.82) is 0 Å². The normalized spacial score (nSPS) is 11.2. The van der Waals surface area contributed by atoms with Crippen LogP contribution in [0.2, 0.25) is 0 Å². The van der Waals surface area contributed by atoms with Crippen LogP contribution in [0.4, 0.5) is 0 Å². The highest BCUT2D eigenvalue weighted by Crippen LogP contribution is 2.03. The molecule has 1 aromatic rings. The number of carbonyl (C=O) groups excluding carboxylic acids is 1. The molecule has 0 saturated carbocycles. The average Bonchev–Trinajstić information content (AvgIpc) is 2.38. The van der Waals surface area contributed by atoms with Crippen molar-refractivity contribution < 1.29 is 10.0 Å². The third-order valence-electron chi connectivity index (χ3n) is 2.25. The summed E-state index contributed by atoms with van der Waals surface area (Å²) in [6.07, 6.45) is 0. The van der Waals surface area contributed by atoms with Crippen LogP contribution >= 0.6 is 0 Å². The van der Waals surface area contributed by atoms with Crippen molar-refractivity contribution in [2.24, 2.45) is 10.9 Å². The van der Waals surface area contributed by atoms with E-state index in [9.17, 15) is 4.79 Å². The molecule has 6 heteroatoms. The molecule has 0 heterocycles. The van der Waals surface area contributed by atoms with Crippen molar-refractivity contribution in [2.75, 3.05) is 13.6 Å². The number of hydrogen-bond acceptors (Lipinski definition) is 4. The highest BCUT2D eigenvalue weighted by Gasteiger charge is 2.00. The monoisotopic (exact) mass is 236 g/mol. The molecule has 0 saturated heterocycles. The number of amides is 1. The van der Waals surface area contributed by atoms with Crippen LogP contribution in [0, 0.1) is 0 Å². The minimum atomic E-state index is -0.0571. The standard InChI is InChI=1S/C11H16N4O2/c1-13-10(16)7-14-6-8-2-4-9(5-3-8)11(12)15-17/h2-5,14,17H,6-7H2,1H3,(H2,12,15)(H,13,16). The molecule has 0 aromatic heterocycles. The molecule has 0 aliphatic rings. The fourth-order valence-electron chi connectivity index (χ4n) is 1.26. The van der Waals surface area contributed by atoms with Gasteiger partial charge in [0, 0.05) is 19.2 Å². The first-order valence-corrected chi connectivity index (χ1v) is 5.15. The van der Waals surface area contributed by atoms with Crippen LogP contribution in [0.1, 0.15) is 11.1 Å². The molecule has 17 heavy (non-hydrogen) atoms. The SMILES string of the molecule is CNC(=O)CNCc1ccc(/C(N)=N/O)cc1. The number of hydrogen-bond donors (Lipinski definition) is 4. The Balaban J connectivity index is 2.49. The highest BCUT2D eigenvalue weighted by atomic mass is 16.4. The molecule has 0 bridgehead atoms. The van der Waals surface area contributed by atoms with Gasteiger partial charge in [0.2, 0.25) is 5.91 Å². The Kier molecular flexibility index (Phi) is 4.96. The lowest BCUT2D eigenvalue weighted by molar-refractivity contribution is -0.119. The molecule has 0 radical (unpaired) electrons. The van der Waals surface area contributed by atoms with Gasteiger partial charge in [-0.3, -0.25) is 4.79 Å². The number of rotatable bonds is 5. The van der Waals surface area contributed by atoms with Gasteiger partial charge >= 0.3 is 0 Å². The molecule has 0 atom stereocenters. The molecule has 1 rings (SSSR count). The van der Waals surface area contributed by atoms with Crippen LogP contribution in [0.5, 0.6) is 0 Å².